The number of benzene rings is 1. The Labute approximate surface area is 143 Å². The molecule has 0 amide bonds. The van der Waals surface area contributed by atoms with Crippen LogP contribution in [0.1, 0.15) is 31.9 Å². The molecule has 1 aromatic heterocycles. The summed E-state index contributed by atoms with van der Waals surface area (Å²) >= 11 is 0. The van der Waals surface area contributed by atoms with E-state index in [1.54, 1.807) is 13.1 Å². The van der Waals surface area contributed by atoms with Gasteiger partial charge in [0.25, 0.3) is 0 Å². The van der Waals surface area contributed by atoms with Crippen molar-refractivity contribution in [2.75, 3.05) is 24.7 Å². The molecule has 0 bridgehead atoms. The van der Waals surface area contributed by atoms with Crippen LogP contribution >= 0.6 is 0 Å². The van der Waals surface area contributed by atoms with Gasteiger partial charge in [0.05, 0.1) is 6.20 Å². The van der Waals surface area contributed by atoms with Gasteiger partial charge in [0, 0.05) is 25.2 Å². The molecule has 0 radical (unpaired) electrons. The number of rotatable bonds is 5. The first kappa shape index (κ1) is 19.6. The Morgan fingerprint density at radius 2 is 1.88 bits per heavy atom. The number of nitrogens with one attached hydrogen (secondary N) is 2. The molecule has 0 aliphatic carbocycles. The van der Waals surface area contributed by atoms with Crippen LogP contribution in [0.5, 0.6) is 0 Å². The van der Waals surface area contributed by atoms with E-state index >= 15 is 0 Å². The molecule has 5 heteroatoms. The van der Waals surface area contributed by atoms with Gasteiger partial charge in [-0.15, -0.1) is 0 Å². The first-order valence-electron chi connectivity index (χ1n) is 7.94. The van der Waals surface area contributed by atoms with E-state index in [0.717, 1.165) is 24.0 Å². The van der Waals surface area contributed by atoms with Gasteiger partial charge in [-0.1, -0.05) is 19.1 Å². The van der Waals surface area contributed by atoms with Crippen molar-refractivity contribution >= 4 is 17.8 Å². The molecule has 0 saturated carbocycles. The van der Waals surface area contributed by atoms with Gasteiger partial charge in [-0.2, -0.15) is 0 Å². The van der Waals surface area contributed by atoms with Crippen LogP contribution < -0.4 is 10.6 Å². The van der Waals surface area contributed by atoms with Crippen molar-refractivity contribution in [3.05, 3.63) is 53.5 Å². The average Bonchev–Trinajstić information content (AvgIpc) is 2.62. The highest BCUT2D eigenvalue weighted by Gasteiger charge is 2.20. The van der Waals surface area contributed by atoms with Gasteiger partial charge in [-0.05, 0) is 49.6 Å². The van der Waals surface area contributed by atoms with Gasteiger partial charge in [0.15, 0.2) is 0 Å². The first-order valence-corrected chi connectivity index (χ1v) is 7.94. The highest BCUT2D eigenvalue weighted by molar-refractivity contribution is 5.68. The van der Waals surface area contributed by atoms with Crippen molar-refractivity contribution in [2.24, 2.45) is 0 Å². The Morgan fingerprint density at radius 1 is 1.17 bits per heavy atom. The number of pyridine rings is 1. The highest BCUT2D eigenvalue weighted by Crippen LogP contribution is 2.25. The molecular weight excluding hydrogens is 305 g/mol. The number of nitrogens with zero attached hydrogens (tertiary/aromatic N) is 1. The summed E-state index contributed by atoms with van der Waals surface area (Å²) in [5.41, 5.74) is 3.08. The lowest BCUT2D eigenvalue weighted by atomic mass is 9.85. The van der Waals surface area contributed by atoms with Gasteiger partial charge in [0.1, 0.15) is 17.9 Å². The summed E-state index contributed by atoms with van der Waals surface area (Å²) < 4.78 is 12.1. The number of aromatic nitrogens is 1. The number of aryl methyl sites for hydroxylation is 1. The Balaban J connectivity index is 0.000000272. The lowest BCUT2D eigenvalue weighted by Crippen LogP contribution is -2.19. The van der Waals surface area contributed by atoms with Crippen LogP contribution in [-0.2, 0) is 16.6 Å². The molecule has 1 aromatic carbocycles. The summed E-state index contributed by atoms with van der Waals surface area (Å²) in [5.74, 6) is 0.366. The third-order valence-electron chi connectivity index (χ3n) is 3.78. The number of aldehydes is 1. The monoisotopic (exact) mass is 331 g/mol. The number of carbonyl (C=O) groups excluding carboxylic acids is 1. The van der Waals surface area contributed by atoms with Crippen molar-refractivity contribution in [3.8, 4) is 0 Å². The Kier molecular flexibility index (Phi) is 7.36. The second kappa shape index (κ2) is 9.01. The van der Waals surface area contributed by atoms with Crippen LogP contribution in [0.4, 0.5) is 15.9 Å². The van der Waals surface area contributed by atoms with Crippen LogP contribution in [0.2, 0.25) is 0 Å². The van der Waals surface area contributed by atoms with E-state index in [9.17, 15) is 9.18 Å². The SMILES string of the molecule is CCc1cc(C(C)(C)C=O)ccc1NC.CNc1ccc(F)cn1. The van der Waals surface area contributed by atoms with E-state index in [2.05, 4.69) is 28.6 Å². The van der Waals surface area contributed by atoms with E-state index in [1.165, 1.54) is 17.8 Å². The molecule has 0 aliphatic rings. The number of carbonyl (C=O) groups is 1. The molecule has 4 nitrogen and oxygen atoms in total. The molecule has 24 heavy (non-hydrogen) atoms. The second-order valence-electron chi connectivity index (χ2n) is 5.93. The fourth-order valence-corrected chi connectivity index (χ4v) is 2.12. The van der Waals surface area contributed by atoms with Gasteiger partial charge in [0.2, 0.25) is 0 Å². The molecular formula is C19H26FN3O. The fourth-order valence-electron chi connectivity index (χ4n) is 2.12. The third kappa shape index (κ3) is 5.33. The van der Waals surface area contributed by atoms with Crippen LogP contribution in [-0.4, -0.2) is 25.4 Å². The zero-order valence-electron chi connectivity index (χ0n) is 15.0. The predicted octanol–water partition coefficient (Wildman–Crippen LogP) is 4.03. The molecule has 2 aromatic rings. The maximum absolute atomic E-state index is 12.1. The molecule has 0 saturated heterocycles. The summed E-state index contributed by atoms with van der Waals surface area (Å²) in [7, 11) is 3.65. The Hall–Kier alpha value is -2.43. The van der Waals surface area contributed by atoms with Gasteiger partial charge in [-0.3, -0.25) is 0 Å². The quantitative estimate of drug-likeness (QED) is 0.812. The smallest absolute Gasteiger partial charge is 0.141 e. The van der Waals surface area contributed by atoms with Crippen LogP contribution in [0, 0.1) is 5.82 Å². The van der Waals surface area contributed by atoms with Crippen LogP contribution in [0.15, 0.2) is 36.5 Å². The Morgan fingerprint density at radius 3 is 2.33 bits per heavy atom. The fraction of sp³-hybridized carbons (Fsp3) is 0.368. The van der Waals surface area contributed by atoms with Gasteiger partial charge >= 0.3 is 0 Å². The molecule has 0 aliphatic heterocycles. The van der Waals surface area contributed by atoms with Crippen LogP contribution in [0.25, 0.3) is 0 Å². The molecule has 0 atom stereocenters. The number of anilines is 2. The summed E-state index contributed by atoms with van der Waals surface area (Å²) in [6.07, 6.45) is 3.14. The topological polar surface area (TPSA) is 54.0 Å². The lowest BCUT2D eigenvalue weighted by molar-refractivity contribution is -0.111. The lowest BCUT2D eigenvalue weighted by Gasteiger charge is -2.19. The standard InChI is InChI=1S/C13H19NO.C6H7FN2/c1-5-10-8-11(13(2,3)9-15)6-7-12(10)14-4;1-8-6-3-2-5(7)4-9-6/h6-9,14H,5H2,1-4H3;2-4H,1H3,(H,8,9). The Bertz CT molecular complexity index is 654. The molecule has 2 rings (SSSR count). The largest absolute Gasteiger partial charge is 0.388 e. The van der Waals surface area contributed by atoms with Crippen molar-refractivity contribution in [2.45, 2.75) is 32.6 Å². The maximum Gasteiger partial charge on any atom is 0.141 e. The highest BCUT2D eigenvalue weighted by atomic mass is 19.1. The van der Waals surface area contributed by atoms with Crippen molar-refractivity contribution in [1.82, 2.24) is 4.98 Å². The van der Waals surface area contributed by atoms with Gasteiger partial charge in [-0.25, -0.2) is 9.37 Å². The normalized spacial score (nSPS) is 10.4. The number of hydrogen-bond donors (Lipinski definition) is 2. The summed E-state index contributed by atoms with van der Waals surface area (Å²) in [5, 5.41) is 5.93. The second-order valence-corrected chi connectivity index (χ2v) is 5.93. The summed E-state index contributed by atoms with van der Waals surface area (Å²) in [6, 6.07) is 9.10. The van der Waals surface area contributed by atoms with E-state index in [1.807, 2.05) is 33.0 Å². The van der Waals surface area contributed by atoms with E-state index < -0.39 is 5.41 Å². The number of halogens is 1. The van der Waals surface area contributed by atoms with Crippen molar-refractivity contribution < 1.29 is 9.18 Å². The van der Waals surface area contributed by atoms with Gasteiger partial charge < -0.3 is 15.4 Å². The minimum Gasteiger partial charge on any atom is -0.388 e. The molecule has 2 N–H and O–H groups in total. The van der Waals surface area contributed by atoms with Crippen molar-refractivity contribution in [3.63, 3.8) is 0 Å². The summed E-state index contributed by atoms with van der Waals surface area (Å²) in [4.78, 5) is 14.7. The molecule has 1 heterocycles. The zero-order valence-corrected chi connectivity index (χ0v) is 15.0. The molecule has 0 spiro atoms. The van der Waals surface area contributed by atoms with Crippen molar-refractivity contribution in [1.29, 1.82) is 0 Å². The molecule has 0 unspecified atom stereocenters. The first-order chi connectivity index (χ1) is 11.4. The average molecular weight is 331 g/mol. The van der Waals surface area contributed by atoms with Crippen LogP contribution in [0.3, 0.4) is 0 Å². The summed E-state index contributed by atoms with van der Waals surface area (Å²) in [6.45, 7) is 6.00. The van der Waals surface area contributed by atoms with E-state index in [4.69, 9.17) is 0 Å². The predicted molar refractivity (Wildman–Crippen MR) is 98.2 cm³/mol. The van der Waals surface area contributed by atoms with E-state index in [-0.39, 0.29) is 5.82 Å². The zero-order chi connectivity index (χ0) is 18.2. The molecule has 130 valence electrons. The number of hydrogen-bond acceptors (Lipinski definition) is 4. The van der Waals surface area contributed by atoms with E-state index in [0.29, 0.717) is 5.82 Å². The molecule has 0 fully saturated rings. The minimum absolute atomic E-state index is 0.311. The third-order valence-corrected chi connectivity index (χ3v) is 3.78. The minimum atomic E-state index is -0.393. The maximum atomic E-state index is 12.1.